The molecule has 1 N–H and O–H groups in total. The molecule has 2 fully saturated rings. The first-order chi connectivity index (χ1) is 9.26. The summed E-state index contributed by atoms with van der Waals surface area (Å²) in [4.78, 5) is 12.0. The van der Waals surface area contributed by atoms with Crippen LogP contribution in [0, 0.1) is 11.8 Å². The zero-order chi connectivity index (χ0) is 13.2. The maximum atomic E-state index is 12.0. The van der Waals surface area contributed by atoms with E-state index in [0.29, 0.717) is 17.2 Å². The Morgan fingerprint density at radius 2 is 2.32 bits per heavy atom. The lowest BCUT2D eigenvalue weighted by atomic mass is 9.99. The summed E-state index contributed by atoms with van der Waals surface area (Å²) in [5.41, 5.74) is 4.42. The Labute approximate surface area is 112 Å². The Morgan fingerprint density at radius 1 is 1.42 bits per heavy atom. The van der Waals surface area contributed by atoms with Crippen LogP contribution in [0.15, 0.2) is 29.4 Å². The van der Waals surface area contributed by atoms with Gasteiger partial charge in [-0.25, -0.2) is 5.43 Å². The van der Waals surface area contributed by atoms with E-state index in [4.69, 9.17) is 4.74 Å². The highest BCUT2D eigenvalue weighted by atomic mass is 16.5. The fraction of sp³-hybridized carbons (Fsp3) is 0.467. The molecule has 0 spiro atoms. The minimum absolute atomic E-state index is 0.172. The van der Waals surface area contributed by atoms with E-state index in [1.807, 2.05) is 6.07 Å². The molecule has 1 amide bonds. The minimum Gasteiger partial charge on any atom is -0.497 e. The van der Waals surface area contributed by atoms with Crippen molar-refractivity contribution >= 4 is 11.6 Å². The highest BCUT2D eigenvalue weighted by molar-refractivity contribution is 5.96. The summed E-state index contributed by atoms with van der Waals surface area (Å²) >= 11 is 0. The molecule has 0 saturated heterocycles. The van der Waals surface area contributed by atoms with Gasteiger partial charge in [0, 0.05) is 11.3 Å². The second-order valence-electron chi connectivity index (χ2n) is 5.36. The number of amides is 1. The third kappa shape index (κ3) is 2.48. The number of fused-ring (bicyclic) bond motifs is 2. The normalized spacial score (nSPS) is 26.7. The van der Waals surface area contributed by atoms with E-state index in [2.05, 4.69) is 10.5 Å². The highest BCUT2D eigenvalue weighted by Crippen LogP contribution is 2.42. The lowest BCUT2D eigenvalue weighted by Gasteiger charge is -2.11. The van der Waals surface area contributed by atoms with Crippen molar-refractivity contribution in [2.45, 2.75) is 25.7 Å². The molecule has 2 saturated carbocycles. The van der Waals surface area contributed by atoms with Crippen molar-refractivity contribution in [1.29, 1.82) is 0 Å². The maximum Gasteiger partial charge on any atom is 0.271 e. The SMILES string of the molecule is COc1cccc(C(=O)N/N=C2\C[C@H]3CC[C@@H]2C3)c1. The average molecular weight is 258 g/mol. The standard InChI is InChI=1S/C15H18N2O2/c1-19-13-4-2-3-12(9-13)15(18)17-16-14-8-10-5-6-11(14)7-10/h2-4,9-11H,5-8H2,1H3,(H,17,18)/b16-14+/t10-,11+/m0/s1. The summed E-state index contributed by atoms with van der Waals surface area (Å²) in [7, 11) is 1.59. The molecule has 19 heavy (non-hydrogen) atoms. The summed E-state index contributed by atoms with van der Waals surface area (Å²) < 4.78 is 5.11. The second-order valence-corrected chi connectivity index (χ2v) is 5.36. The number of rotatable bonds is 3. The Morgan fingerprint density at radius 3 is 3.00 bits per heavy atom. The Balaban J connectivity index is 1.66. The minimum atomic E-state index is -0.172. The number of hydrogen-bond donors (Lipinski definition) is 1. The van der Waals surface area contributed by atoms with E-state index in [0.717, 1.165) is 12.3 Å². The topological polar surface area (TPSA) is 50.7 Å². The van der Waals surface area contributed by atoms with Gasteiger partial charge in [0.25, 0.3) is 5.91 Å². The predicted molar refractivity (Wildman–Crippen MR) is 73.3 cm³/mol. The van der Waals surface area contributed by atoms with Crippen LogP contribution in [0.5, 0.6) is 5.75 Å². The number of benzene rings is 1. The Hall–Kier alpha value is -1.84. The number of nitrogens with zero attached hydrogens (tertiary/aromatic N) is 1. The van der Waals surface area contributed by atoms with Crippen molar-refractivity contribution in [3.63, 3.8) is 0 Å². The molecule has 0 unspecified atom stereocenters. The predicted octanol–water partition coefficient (Wildman–Crippen LogP) is 2.60. The van der Waals surface area contributed by atoms with E-state index in [1.54, 1.807) is 25.3 Å². The summed E-state index contributed by atoms with van der Waals surface area (Å²) in [6.45, 7) is 0. The zero-order valence-corrected chi connectivity index (χ0v) is 11.1. The van der Waals surface area contributed by atoms with Crippen molar-refractivity contribution in [2.75, 3.05) is 7.11 Å². The van der Waals surface area contributed by atoms with Crippen LogP contribution >= 0.6 is 0 Å². The van der Waals surface area contributed by atoms with Crippen LogP contribution < -0.4 is 10.2 Å². The van der Waals surface area contributed by atoms with Crippen LogP contribution in [-0.2, 0) is 0 Å². The molecule has 2 atom stereocenters. The average Bonchev–Trinajstić information content (AvgIpc) is 3.07. The smallest absolute Gasteiger partial charge is 0.271 e. The molecular formula is C15H18N2O2. The van der Waals surface area contributed by atoms with Gasteiger partial charge in [0.2, 0.25) is 0 Å². The molecule has 4 nitrogen and oxygen atoms in total. The van der Waals surface area contributed by atoms with Crippen molar-refractivity contribution < 1.29 is 9.53 Å². The fourth-order valence-electron chi connectivity index (χ4n) is 3.11. The molecule has 3 rings (SSSR count). The van der Waals surface area contributed by atoms with Gasteiger partial charge in [0.1, 0.15) is 5.75 Å². The molecule has 0 radical (unpaired) electrons. The summed E-state index contributed by atoms with van der Waals surface area (Å²) in [6.07, 6.45) is 4.88. The number of methoxy groups -OCH3 is 1. The molecule has 2 aliphatic carbocycles. The molecule has 2 bridgehead atoms. The molecule has 4 heteroatoms. The number of nitrogens with one attached hydrogen (secondary N) is 1. The second kappa shape index (κ2) is 5.03. The molecular weight excluding hydrogens is 240 g/mol. The number of hydrazone groups is 1. The van der Waals surface area contributed by atoms with Gasteiger partial charge < -0.3 is 4.74 Å². The van der Waals surface area contributed by atoms with Crippen LogP contribution in [-0.4, -0.2) is 18.7 Å². The monoisotopic (exact) mass is 258 g/mol. The Bertz CT molecular complexity index is 525. The van der Waals surface area contributed by atoms with Crippen LogP contribution in [0.4, 0.5) is 0 Å². The van der Waals surface area contributed by atoms with E-state index in [9.17, 15) is 4.79 Å². The molecule has 1 aromatic rings. The van der Waals surface area contributed by atoms with E-state index >= 15 is 0 Å². The van der Waals surface area contributed by atoms with Gasteiger partial charge in [0.05, 0.1) is 7.11 Å². The molecule has 0 heterocycles. The molecule has 0 aliphatic heterocycles. The summed E-state index contributed by atoms with van der Waals surface area (Å²) in [5, 5.41) is 4.31. The number of carbonyl (C=O) groups is 1. The molecule has 1 aromatic carbocycles. The van der Waals surface area contributed by atoms with Gasteiger partial charge in [-0.1, -0.05) is 6.07 Å². The fourth-order valence-corrected chi connectivity index (χ4v) is 3.11. The van der Waals surface area contributed by atoms with Crippen molar-refractivity contribution in [3.8, 4) is 5.75 Å². The number of hydrogen-bond acceptors (Lipinski definition) is 3. The third-order valence-corrected chi connectivity index (χ3v) is 4.14. The van der Waals surface area contributed by atoms with Gasteiger partial charge in [-0.05, 0) is 55.7 Å². The summed E-state index contributed by atoms with van der Waals surface area (Å²) in [5.74, 6) is 1.92. The van der Waals surface area contributed by atoms with Gasteiger partial charge in [-0.15, -0.1) is 0 Å². The van der Waals surface area contributed by atoms with Gasteiger partial charge in [-0.3, -0.25) is 4.79 Å². The van der Waals surface area contributed by atoms with Crippen LogP contribution in [0.1, 0.15) is 36.0 Å². The van der Waals surface area contributed by atoms with E-state index in [-0.39, 0.29) is 5.91 Å². The quantitative estimate of drug-likeness (QED) is 0.847. The lowest BCUT2D eigenvalue weighted by molar-refractivity contribution is 0.0954. The van der Waals surface area contributed by atoms with Crippen LogP contribution in [0.3, 0.4) is 0 Å². The molecule has 100 valence electrons. The highest BCUT2D eigenvalue weighted by Gasteiger charge is 2.36. The van der Waals surface area contributed by atoms with Crippen molar-refractivity contribution in [1.82, 2.24) is 5.43 Å². The van der Waals surface area contributed by atoms with Gasteiger partial charge in [-0.2, -0.15) is 5.10 Å². The van der Waals surface area contributed by atoms with Crippen molar-refractivity contribution in [2.24, 2.45) is 16.9 Å². The van der Waals surface area contributed by atoms with E-state index in [1.165, 1.54) is 25.0 Å². The van der Waals surface area contributed by atoms with E-state index < -0.39 is 0 Å². The van der Waals surface area contributed by atoms with Gasteiger partial charge in [0.15, 0.2) is 0 Å². The summed E-state index contributed by atoms with van der Waals surface area (Å²) in [6, 6.07) is 7.10. The third-order valence-electron chi connectivity index (χ3n) is 4.14. The van der Waals surface area contributed by atoms with Crippen molar-refractivity contribution in [3.05, 3.63) is 29.8 Å². The first-order valence-electron chi connectivity index (χ1n) is 6.77. The van der Waals surface area contributed by atoms with Crippen LogP contribution in [0.25, 0.3) is 0 Å². The largest absolute Gasteiger partial charge is 0.497 e. The van der Waals surface area contributed by atoms with Crippen LogP contribution in [0.2, 0.25) is 0 Å². The zero-order valence-electron chi connectivity index (χ0n) is 11.1. The maximum absolute atomic E-state index is 12.0. The number of carbonyl (C=O) groups excluding carboxylic acids is 1. The number of ether oxygens (including phenoxy) is 1. The first kappa shape index (κ1) is 12.2. The molecule has 0 aromatic heterocycles. The molecule has 2 aliphatic rings. The van der Waals surface area contributed by atoms with Gasteiger partial charge >= 0.3 is 0 Å². The lowest BCUT2D eigenvalue weighted by Crippen LogP contribution is -2.21. The Kier molecular flexibility index (Phi) is 3.23. The first-order valence-corrected chi connectivity index (χ1v) is 6.77.